The van der Waals surface area contributed by atoms with E-state index in [4.69, 9.17) is 11.6 Å². The van der Waals surface area contributed by atoms with E-state index in [-0.39, 0.29) is 24.7 Å². The monoisotopic (exact) mass is 524 g/mol. The number of nitrogens with zero attached hydrogens (tertiary/aromatic N) is 4. The molecular formula is C26H22ClFN4O3S. The summed E-state index contributed by atoms with van der Waals surface area (Å²) in [5, 5.41) is 11.2. The van der Waals surface area contributed by atoms with E-state index in [1.54, 1.807) is 41.6 Å². The van der Waals surface area contributed by atoms with Crippen molar-refractivity contribution in [2.24, 2.45) is 5.41 Å². The van der Waals surface area contributed by atoms with Gasteiger partial charge in [0.2, 0.25) is 15.9 Å². The molecule has 1 spiro atoms. The number of sulfonamides is 1. The van der Waals surface area contributed by atoms with E-state index in [9.17, 15) is 22.9 Å². The maximum Gasteiger partial charge on any atom is 0.239 e. The number of aromatic nitrogens is 1. The standard InChI is InChI=1S/C26H22ClFN4O3S/c27-19-3-1-18-13-31(36(34,35)16-25(14-29)5-6-25)15-26(22(18)9-19)7-8-32(24(26)33)23-12-30-11-17-2-4-20(28)10-21(17)23/h1-4,9-12H,5-8,13,15-16H2. The fraction of sp³-hybridized carbons (Fsp3) is 0.346. The molecule has 3 heterocycles. The maximum atomic E-state index is 14.2. The molecule has 2 fully saturated rings. The molecule has 3 aromatic rings. The Labute approximate surface area is 213 Å². The third-order valence-corrected chi connectivity index (χ3v) is 9.93. The van der Waals surface area contributed by atoms with Crippen LogP contribution in [0.25, 0.3) is 10.8 Å². The van der Waals surface area contributed by atoms with Gasteiger partial charge in [-0.2, -0.15) is 9.57 Å². The van der Waals surface area contributed by atoms with Gasteiger partial charge in [-0.1, -0.05) is 17.7 Å². The summed E-state index contributed by atoms with van der Waals surface area (Å²) in [6.45, 7) is 0.399. The Bertz CT molecular complexity index is 1580. The molecule has 36 heavy (non-hydrogen) atoms. The lowest BCUT2D eigenvalue weighted by Crippen LogP contribution is -2.53. The molecule has 10 heteroatoms. The Morgan fingerprint density at radius 1 is 1.14 bits per heavy atom. The van der Waals surface area contributed by atoms with Crippen LogP contribution in [0.15, 0.2) is 48.8 Å². The molecule has 1 aliphatic carbocycles. The lowest BCUT2D eigenvalue weighted by Gasteiger charge is -2.40. The second-order valence-corrected chi connectivity index (χ2v) is 12.4. The number of carbonyl (C=O) groups is 1. The average Bonchev–Trinajstić information content (AvgIpc) is 3.55. The van der Waals surface area contributed by atoms with Crippen LogP contribution in [0.2, 0.25) is 5.02 Å². The zero-order chi connectivity index (χ0) is 25.3. The van der Waals surface area contributed by atoms with Gasteiger partial charge in [0, 0.05) is 41.6 Å². The average molecular weight is 525 g/mol. The second kappa shape index (κ2) is 7.97. The molecule has 7 nitrogen and oxygen atoms in total. The number of rotatable bonds is 4. The summed E-state index contributed by atoms with van der Waals surface area (Å²) in [5.41, 5.74) is -0.0666. The van der Waals surface area contributed by atoms with Gasteiger partial charge < -0.3 is 4.90 Å². The smallest absolute Gasteiger partial charge is 0.239 e. The van der Waals surface area contributed by atoms with Gasteiger partial charge in [-0.05, 0) is 60.7 Å². The number of amides is 1. The third-order valence-electron chi connectivity index (χ3n) is 7.73. The minimum Gasteiger partial charge on any atom is -0.309 e. The largest absolute Gasteiger partial charge is 0.309 e. The van der Waals surface area contributed by atoms with Crippen molar-refractivity contribution in [3.05, 3.63) is 70.8 Å². The van der Waals surface area contributed by atoms with Crippen LogP contribution in [0.1, 0.15) is 30.4 Å². The summed E-state index contributed by atoms with van der Waals surface area (Å²) in [7, 11) is -3.81. The Kier molecular flexibility index (Phi) is 5.17. The first-order valence-electron chi connectivity index (χ1n) is 11.7. The van der Waals surface area contributed by atoms with Gasteiger partial charge in [0.1, 0.15) is 5.82 Å². The second-order valence-electron chi connectivity index (χ2n) is 10.0. The van der Waals surface area contributed by atoms with Crippen LogP contribution in [0.4, 0.5) is 10.1 Å². The van der Waals surface area contributed by atoms with E-state index in [0.29, 0.717) is 52.9 Å². The van der Waals surface area contributed by atoms with Crippen LogP contribution in [-0.4, -0.2) is 42.5 Å². The van der Waals surface area contributed by atoms with E-state index in [1.807, 2.05) is 0 Å². The molecule has 1 atom stereocenters. The van der Waals surface area contributed by atoms with E-state index in [1.165, 1.54) is 16.4 Å². The summed E-state index contributed by atoms with van der Waals surface area (Å²) in [6, 6.07) is 11.7. The van der Waals surface area contributed by atoms with Crippen molar-refractivity contribution < 1.29 is 17.6 Å². The summed E-state index contributed by atoms with van der Waals surface area (Å²) in [6.07, 6.45) is 4.64. The first-order valence-corrected chi connectivity index (χ1v) is 13.7. The highest BCUT2D eigenvalue weighted by Crippen LogP contribution is 2.49. The number of pyridine rings is 1. The van der Waals surface area contributed by atoms with Crippen molar-refractivity contribution in [3.63, 3.8) is 0 Å². The number of halogens is 2. The Morgan fingerprint density at radius 3 is 2.69 bits per heavy atom. The number of anilines is 1. The van der Waals surface area contributed by atoms with E-state index >= 15 is 0 Å². The topological polar surface area (TPSA) is 94.4 Å². The number of nitriles is 1. The summed E-state index contributed by atoms with van der Waals surface area (Å²) < 4.78 is 42.4. The first kappa shape index (κ1) is 23.3. The van der Waals surface area contributed by atoms with Gasteiger partial charge in [0.25, 0.3) is 0 Å². The highest BCUT2D eigenvalue weighted by Gasteiger charge is 2.56. The molecule has 3 aliphatic rings. The van der Waals surface area contributed by atoms with E-state index < -0.39 is 26.7 Å². The van der Waals surface area contributed by atoms with Gasteiger partial charge in [-0.15, -0.1) is 0 Å². The molecular weight excluding hydrogens is 503 g/mol. The molecule has 1 unspecified atom stereocenters. The normalized spacial score (nSPS) is 23.1. The van der Waals surface area contributed by atoms with Crippen molar-refractivity contribution in [2.45, 2.75) is 31.2 Å². The number of carbonyl (C=O) groups excluding carboxylic acids is 1. The van der Waals surface area contributed by atoms with Gasteiger partial charge in [0.15, 0.2) is 0 Å². The predicted octanol–water partition coefficient (Wildman–Crippen LogP) is 4.15. The molecule has 1 saturated carbocycles. The zero-order valence-corrected chi connectivity index (χ0v) is 20.8. The fourth-order valence-corrected chi connectivity index (χ4v) is 7.73. The Morgan fingerprint density at radius 2 is 1.94 bits per heavy atom. The van der Waals surface area contributed by atoms with E-state index in [2.05, 4.69) is 11.1 Å². The van der Waals surface area contributed by atoms with Gasteiger partial charge in [0.05, 0.1) is 34.5 Å². The van der Waals surface area contributed by atoms with Crippen LogP contribution in [0.5, 0.6) is 0 Å². The fourth-order valence-electron chi connectivity index (χ4n) is 5.57. The molecule has 0 radical (unpaired) electrons. The molecule has 1 saturated heterocycles. The van der Waals surface area contributed by atoms with Crippen LogP contribution in [-0.2, 0) is 26.8 Å². The summed E-state index contributed by atoms with van der Waals surface area (Å²) in [4.78, 5) is 20.0. The number of benzene rings is 2. The van der Waals surface area contributed by atoms with Gasteiger partial charge in [-0.25, -0.2) is 12.8 Å². The highest BCUT2D eigenvalue weighted by atomic mass is 35.5. The Balaban J connectivity index is 1.44. The SMILES string of the molecule is N#CC1(CS(=O)(=O)N2Cc3ccc(Cl)cc3C3(CCN(c4cncc5ccc(F)cc45)C3=O)C2)CC1. The summed E-state index contributed by atoms with van der Waals surface area (Å²) in [5.74, 6) is -0.944. The van der Waals surface area contributed by atoms with Gasteiger partial charge in [-0.3, -0.25) is 9.78 Å². The van der Waals surface area contributed by atoms with Crippen molar-refractivity contribution in [3.8, 4) is 6.07 Å². The molecule has 2 aliphatic heterocycles. The molecule has 0 bridgehead atoms. The van der Waals surface area contributed by atoms with Crippen LogP contribution in [0.3, 0.4) is 0 Å². The number of fused-ring (bicyclic) bond motifs is 3. The number of hydrogen-bond acceptors (Lipinski definition) is 5. The van der Waals surface area contributed by atoms with Crippen molar-refractivity contribution in [1.29, 1.82) is 5.26 Å². The lowest BCUT2D eigenvalue weighted by atomic mass is 9.74. The van der Waals surface area contributed by atoms with Crippen molar-refractivity contribution >= 4 is 44.0 Å². The van der Waals surface area contributed by atoms with Crippen LogP contribution >= 0.6 is 11.6 Å². The van der Waals surface area contributed by atoms with Crippen molar-refractivity contribution in [2.75, 3.05) is 23.7 Å². The maximum absolute atomic E-state index is 14.2. The molecule has 184 valence electrons. The van der Waals surface area contributed by atoms with Gasteiger partial charge >= 0.3 is 0 Å². The van der Waals surface area contributed by atoms with Crippen LogP contribution in [0, 0.1) is 22.6 Å². The molecule has 6 rings (SSSR count). The van der Waals surface area contributed by atoms with Crippen LogP contribution < -0.4 is 4.90 Å². The quantitative estimate of drug-likeness (QED) is 0.511. The minimum atomic E-state index is -3.81. The third kappa shape index (κ3) is 3.59. The van der Waals surface area contributed by atoms with E-state index in [0.717, 1.165) is 5.56 Å². The molecule has 1 amide bonds. The molecule has 0 N–H and O–H groups in total. The zero-order valence-electron chi connectivity index (χ0n) is 19.2. The number of hydrogen-bond donors (Lipinski definition) is 0. The highest BCUT2D eigenvalue weighted by molar-refractivity contribution is 7.89. The predicted molar refractivity (Wildman–Crippen MR) is 133 cm³/mol. The first-order chi connectivity index (χ1) is 17.2. The Hall–Kier alpha value is -3.06. The lowest BCUT2D eigenvalue weighted by molar-refractivity contribution is -0.122. The van der Waals surface area contributed by atoms with Crippen molar-refractivity contribution in [1.82, 2.24) is 9.29 Å². The molecule has 2 aromatic carbocycles. The molecule has 1 aromatic heterocycles. The summed E-state index contributed by atoms with van der Waals surface area (Å²) >= 11 is 6.33. The minimum absolute atomic E-state index is 0.0356.